The van der Waals surface area contributed by atoms with E-state index in [1.54, 1.807) is 47.4 Å². The monoisotopic (exact) mass is 510 g/mol. The highest BCUT2D eigenvalue weighted by Crippen LogP contribution is 2.42. The quantitative estimate of drug-likeness (QED) is 0.201. The van der Waals surface area contributed by atoms with Crippen molar-refractivity contribution in [1.82, 2.24) is 4.98 Å². The lowest BCUT2D eigenvalue weighted by atomic mass is 10.0. The summed E-state index contributed by atoms with van der Waals surface area (Å²) in [5.74, 6) is -0.962. The minimum Gasteiger partial charge on any atom is -0.505 e. The van der Waals surface area contributed by atoms with Gasteiger partial charge >= 0.3 is 0 Å². The SMILES string of the molecule is NC(=O)c1cccnc1-c1cc(N(Cc2ccccc2Cl)c2ccc(Cl)cc2CF)cc(N)c1O. The molecule has 0 aliphatic heterocycles. The number of nitrogens with two attached hydrogens (primary N) is 2. The predicted molar refractivity (Wildman–Crippen MR) is 138 cm³/mol. The highest BCUT2D eigenvalue weighted by atomic mass is 35.5. The van der Waals surface area contributed by atoms with Crippen LogP contribution in [0.5, 0.6) is 5.75 Å². The summed E-state index contributed by atoms with van der Waals surface area (Å²) in [5, 5.41) is 11.7. The van der Waals surface area contributed by atoms with Gasteiger partial charge in [0.05, 0.1) is 16.9 Å². The summed E-state index contributed by atoms with van der Waals surface area (Å²) in [4.78, 5) is 18.1. The number of amides is 1. The highest BCUT2D eigenvalue weighted by Gasteiger charge is 2.22. The van der Waals surface area contributed by atoms with E-state index >= 15 is 0 Å². The number of primary amides is 1. The van der Waals surface area contributed by atoms with Gasteiger partial charge in [-0.05, 0) is 54.1 Å². The van der Waals surface area contributed by atoms with Crippen LogP contribution in [-0.4, -0.2) is 16.0 Å². The fourth-order valence-corrected chi connectivity index (χ4v) is 4.22. The molecule has 4 rings (SSSR count). The highest BCUT2D eigenvalue weighted by molar-refractivity contribution is 6.31. The molecule has 5 N–H and O–H groups in total. The van der Waals surface area contributed by atoms with Crippen LogP contribution >= 0.6 is 23.2 Å². The van der Waals surface area contributed by atoms with E-state index in [0.29, 0.717) is 27.0 Å². The molecule has 4 aromatic rings. The molecule has 0 spiro atoms. The van der Waals surface area contributed by atoms with Crippen molar-refractivity contribution in [2.45, 2.75) is 13.2 Å². The maximum Gasteiger partial charge on any atom is 0.250 e. The van der Waals surface area contributed by atoms with E-state index in [4.69, 9.17) is 34.7 Å². The summed E-state index contributed by atoms with van der Waals surface area (Å²) in [6.45, 7) is -0.510. The molecule has 0 aliphatic carbocycles. The van der Waals surface area contributed by atoms with E-state index in [2.05, 4.69) is 4.98 Å². The molecule has 1 amide bonds. The molecule has 35 heavy (non-hydrogen) atoms. The average molecular weight is 511 g/mol. The first-order chi connectivity index (χ1) is 16.8. The fraction of sp³-hybridized carbons (Fsp3) is 0.0769. The first-order valence-electron chi connectivity index (χ1n) is 10.5. The van der Waals surface area contributed by atoms with Crippen LogP contribution in [0.4, 0.5) is 21.5 Å². The van der Waals surface area contributed by atoms with Crippen LogP contribution < -0.4 is 16.4 Å². The number of aromatic nitrogens is 1. The number of rotatable bonds is 7. The predicted octanol–water partition coefficient (Wildman–Crippen LogP) is 6.25. The molecule has 1 aromatic heterocycles. The Hall–Kier alpha value is -3.81. The molecule has 0 saturated carbocycles. The van der Waals surface area contributed by atoms with E-state index in [-0.39, 0.29) is 34.8 Å². The van der Waals surface area contributed by atoms with Crippen LogP contribution in [0.3, 0.4) is 0 Å². The van der Waals surface area contributed by atoms with Crippen molar-refractivity contribution in [1.29, 1.82) is 0 Å². The first-order valence-corrected chi connectivity index (χ1v) is 11.3. The molecule has 178 valence electrons. The van der Waals surface area contributed by atoms with Crippen LogP contribution in [-0.2, 0) is 13.2 Å². The number of phenolic OH excluding ortho intramolecular Hbond substituents is 1. The summed E-state index contributed by atoms with van der Waals surface area (Å²) in [6, 6.07) is 18.4. The number of halogens is 3. The summed E-state index contributed by atoms with van der Waals surface area (Å²) in [5.41, 5.74) is 14.4. The molecule has 0 saturated heterocycles. The van der Waals surface area contributed by atoms with Crippen molar-refractivity contribution in [3.8, 4) is 17.0 Å². The van der Waals surface area contributed by atoms with E-state index in [1.165, 1.54) is 12.3 Å². The number of hydrogen-bond acceptors (Lipinski definition) is 5. The standard InChI is InChI=1S/C26H21Cl2FN4O2/c27-17-7-8-23(16(10-17)13-29)33(14-15-4-1-2-6-21(15)28)18-11-20(25(34)22(30)12-18)24-19(26(31)35)5-3-9-32-24/h1-12,34H,13-14,30H2,(H2,31,35). The second-order valence-electron chi connectivity index (χ2n) is 7.78. The number of pyridine rings is 1. The molecule has 0 unspecified atom stereocenters. The molecule has 3 aromatic carbocycles. The maximum atomic E-state index is 14.1. The minimum absolute atomic E-state index is 0.0403. The molecule has 6 nitrogen and oxygen atoms in total. The Morgan fingerprint density at radius 1 is 1.03 bits per heavy atom. The lowest BCUT2D eigenvalue weighted by Crippen LogP contribution is -2.19. The number of aromatic hydroxyl groups is 1. The van der Waals surface area contributed by atoms with Gasteiger partial charge in [-0.1, -0.05) is 41.4 Å². The number of nitrogens with zero attached hydrogens (tertiary/aromatic N) is 2. The molecule has 0 aliphatic rings. The third-order valence-electron chi connectivity index (χ3n) is 5.53. The van der Waals surface area contributed by atoms with Gasteiger partial charge < -0.3 is 21.5 Å². The van der Waals surface area contributed by atoms with Crippen LogP contribution in [0.15, 0.2) is 72.9 Å². The van der Waals surface area contributed by atoms with Crippen LogP contribution in [0, 0.1) is 0 Å². The van der Waals surface area contributed by atoms with E-state index < -0.39 is 12.6 Å². The Balaban J connectivity index is 1.95. The van der Waals surface area contributed by atoms with Gasteiger partial charge in [-0.15, -0.1) is 0 Å². The number of carbonyl (C=O) groups excluding carboxylic acids is 1. The number of alkyl halides is 1. The van der Waals surface area contributed by atoms with Gasteiger partial charge in [0.2, 0.25) is 0 Å². The van der Waals surface area contributed by atoms with Gasteiger partial charge in [-0.3, -0.25) is 9.78 Å². The summed E-state index contributed by atoms with van der Waals surface area (Å²) < 4.78 is 14.1. The number of phenols is 1. The Bertz CT molecular complexity index is 1410. The van der Waals surface area contributed by atoms with Gasteiger partial charge in [0.15, 0.2) is 0 Å². The van der Waals surface area contributed by atoms with E-state index in [0.717, 1.165) is 5.56 Å². The van der Waals surface area contributed by atoms with Crippen LogP contribution in [0.2, 0.25) is 10.0 Å². The van der Waals surface area contributed by atoms with Gasteiger partial charge in [-0.2, -0.15) is 0 Å². The van der Waals surface area contributed by atoms with Gasteiger partial charge in [0.25, 0.3) is 5.91 Å². The van der Waals surface area contributed by atoms with E-state index in [9.17, 15) is 14.3 Å². The summed E-state index contributed by atoms with van der Waals surface area (Å²) >= 11 is 12.6. The number of hydrogen-bond donors (Lipinski definition) is 3. The lowest BCUT2D eigenvalue weighted by Gasteiger charge is -2.28. The van der Waals surface area contributed by atoms with Crippen molar-refractivity contribution >= 4 is 46.2 Å². The summed E-state index contributed by atoms with van der Waals surface area (Å²) in [7, 11) is 0. The zero-order valence-electron chi connectivity index (χ0n) is 18.4. The minimum atomic E-state index is -0.762. The Labute approximate surface area is 211 Å². The smallest absolute Gasteiger partial charge is 0.250 e. The number of nitrogen functional groups attached to an aromatic ring is 1. The Kier molecular flexibility index (Phi) is 7.10. The zero-order valence-corrected chi connectivity index (χ0v) is 19.9. The molecular weight excluding hydrogens is 490 g/mol. The molecule has 0 radical (unpaired) electrons. The molecule has 9 heteroatoms. The normalized spacial score (nSPS) is 10.8. The third kappa shape index (κ3) is 5.01. The van der Waals surface area contributed by atoms with Gasteiger partial charge in [0, 0.05) is 45.3 Å². The second kappa shape index (κ2) is 10.2. The van der Waals surface area contributed by atoms with Crippen LogP contribution in [0.1, 0.15) is 21.5 Å². The first kappa shape index (κ1) is 24.3. The second-order valence-corrected chi connectivity index (χ2v) is 8.62. The van der Waals surface area contributed by atoms with Crippen molar-refractivity contribution < 1.29 is 14.3 Å². The van der Waals surface area contributed by atoms with Crippen molar-refractivity contribution in [3.63, 3.8) is 0 Å². The molecular formula is C26H21Cl2FN4O2. The average Bonchev–Trinajstić information content (AvgIpc) is 2.85. The molecule has 1 heterocycles. The van der Waals surface area contributed by atoms with Gasteiger partial charge in [-0.25, -0.2) is 4.39 Å². The number of carbonyl (C=O) groups is 1. The summed E-state index contributed by atoms with van der Waals surface area (Å²) in [6.07, 6.45) is 1.48. The Morgan fingerprint density at radius 3 is 2.51 bits per heavy atom. The molecule has 0 bridgehead atoms. The molecule has 0 atom stereocenters. The van der Waals surface area contributed by atoms with Crippen molar-refractivity contribution in [2.75, 3.05) is 10.6 Å². The third-order valence-corrected chi connectivity index (χ3v) is 6.13. The van der Waals surface area contributed by atoms with Crippen molar-refractivity contribution in [3.05, 3.63) is 99.7 Å². The Morgan fingerprint density at radius 2 is 1.80 bits per heavy atom. The molecule has 0 fully saturated rings. The van der Waals surface area contributed by atoms with Crippen molar-refractivity contribution in [2.24, 2.45) is 5.73 Å². The topological polar surface area (TPSA) is 105 Å². The number of benzene rings is 3. The lowest BCUT2D eigenvalue weighted by molar-refractivity contribution is 0.100. The van der Waals surface area contributed by atoms with E-state index in [1.807, 2.05) is 18.2 Å². The van der Waals surface area contributed by atoms with Crippen LogP contribution in [0.25, 0.3) is 11.3 Å². The van der Waals surface area contributed by atoms with Gasteiger partial charge in [0.1, 0.15) is 12.4 Å². The number of anilines is 3. The largest absolute Gasteiger partial charge is 0.505 e. The zero-order chi connectivity index (χ0) is 25.1. The maximum absolute atomic E-state index is 14.1. The fourth-order valence-electron chi connectivity index (χ4n) is 3.83.